The Morgan fingerprint density at radius 2 is 1.56 bits per heavy atom. The van der Waals surface area contributed by atoms with Crippen molar-refractivity contribution in [3.05, 3.63) is 171 Å². The van der Waals surface area contributed by atoms with Crippen molar-refractivity contribution in [3.8, 4) is 22.0 Å². The summed E-state index contributed by atoms with van der Waals surface area (Å²) >= 11 is 7.99. The predicted molar refractivity (Wildman–Crippen MR) is 230 cm³/mol. The standard InChI is InChI=1S/C47H38ClFN6O5S/c1-27-40(60-45(57)59-27)46-22-20-28(21-23-46)37(35(46)44(56)58-2)52-42-36(49)39(33-19-12-24-61-33)53-41(54-42)32-26-55(43-38(32)51-34(48)25-50-43)47(29-13-6-3-7-14-29,30-15-8-4-9-16-30)31-17-10-5-11-18-31/h3-19,24-26,28,35,37H,20-23H2,1-2H3,(H,52,53,54)/t28?,35-,37-,46?/m0/s1. The van der Waals surface area contributed by atoms with Crippen LogP contribution in [0.4, 0.5) is 10.2 Å². The number of carbonyl (C=O) groups excluding carboxylic acids is 1. The molecule has 11 nitrogen and oxygen atoms in total. The third kappa shape index (κ3) is 6.20. The number of methoxy groups -OCH3 is 1. The molecule has 0 unspecified atom stereocenters. The first-order chi connectivity index (χ1) is 29.7. The number of anilines is 1. The molecule has 0 aliphatic heterocycles. The largest absolute Gasteiger partial charge is 0.519 e. The van der Waals surface area contributed by atoms with Crippen LogP contribution in [0.2, 0.25) is 5.15 Å². The Bertz CT molecular complexity index is 2850. The van der Waals surface area contributed by atoms with E-state index in [2.05, 4.69) is 46.3 Å². The fourth-order valence-electron chi connectivity index (χ4n) is 10.1. The van der Waals surface area contributed by atoms with E-state index in [1.165, 1.54) is 24.6 Å². The van der Waals surface area contributed by atoms with Crippen LogP contribution in [-0.2, 0) is 20.5 Å². The summed E-state index contributed by atoms with van der Waals surface area (Å²) in [6.45, 7) is 1.66. The maximum absolute atomic E-state index is 17.2. The first-order valence-corrected chi connectivity index (χ1v) is 21.3. The molecule has 3 aromatic carbocycles. The Balaban J connectivity index is 1.21. The summed E-state index contributed by atoms with van der Waals surface area (Å²) in [6.07, 6.45) is 5.90. The minimum Gasteiger partial charge on any atom is -0.469 e. The molecule has 8 aromatic rings. The number of halogens is 2. The molecule has 306 valence electrons. The Labute approximate surface area is 358 Å². The Morgan fingerprint density at radius 3 is 2.11 bits per heavy atom. The number of thiophene rings is 1. The van der Waals surface area contributed by atoms with Gasteiger partial charge >= 0.3 is 11.8 Å². The molecule has 0 amide bonds. The van der Waals surface area contributed by atoms with Gasteiger partial charge in [-0.3, -0.25) is 4.79 Å². The summed E-state index contributed by atoms with van der Waals surface area (Å²) < 4.78 is 35.7. The van der Waals surface area contributed by atoms with Gasteiger partial charge in [-0.15, -0.1) is 11.3 Å². The number of rotatable bonds is 10. The molecule has 5 aromatic heterocycles. The number of nitrogens with zero attached hydrogens (tertiary/aromatic N) is 5. The second kappa shape index (κ2) is 15.2. The number of benzene rings is 3. The molecule has 0 saturated heterocycles. The Morgan fingerprint density at radius 1 is 0.918 bits per heavy atom. The molecule has 14 heteroatoms. The summed E-state index contributed by atoms with van der Waals surface area (Å²) in [5.74, 6) is -2.25. The summed E-state index contributed by atoms with van der Waals surface area (Å²) in [4.78, 5) is 46.5. The van der Waals surface area contributed by atoms with Crippen molar-refractivity contribution in [1.29, 1.82) is 0 Å². The van der Waals surface area contributed by atoms with Gasteiger partial charge in [-0.2, -0.15) is 0 Å². The van der Waals surface area contributed by atoms with Gasteiger partial charge in [0.25, 0.3) is 0 Å². The highest BCUT2D eigenvalue weighted by atomic mass is 35.5. The van der Waals surface area contributed by atoms with E-state index < -0.39 is 40.5 Å². The fraction of sp³-hybridized carbons (Fsp3) is 0.234. The second-order valence-electron chi connectivity index (χ2n) is 15.6. The van der Waals surface area contributed by atoms with Crippen LogP contribution < -0.4 is 11.1 Å². The quantitative estimate of drug-likeness (QED) is 0.105. The number of aryl methyl sites for hydroxylation is 1. The van der Waals surface area contributed by atoms with Gasteiger partial charge in [0.15, 0.2) is 28.9 Å². The minimum atomic E-state index is -0.996. The van der Waals surface area contributed by atoms with E-state index in [1.807, 2.05) is 72.2 Å². The van der Waals surface area contributed by atoms with Crippen LogP contribution in [0.3, 0.4) is 0 Å². The van der Waals surface area contributed by atoms with Gasteiger partial charge < -0.3 is 23.5 Å². The van der Waals surface area contributed by atoms with Gasteiger partial charge in [-0.25, -0.2) is 29.1 Å². The van der Waals surface area contributed by atoms with Crippen molar-refractivity contribution < 1.29 is 22.8 Å². The van der Waals surface area contributed by atoms with Crippen LogP contribution in [0.1, 0.15) is 53.9 Å². The van der Waals surface area contributed by atoms with Crippen molar-refractivity contribution in [2.75, 3.05) is 12.4 Å². The normalized spacial score (nSPS) is 19.9. The van der Waals surface area contributed by atoms with Crippen molar-refractivity contribution >= 4 is 45.9 Å². The number of nitrogens with one attached hydrogen (secondary N) is 1. The van der Waals surface area contributed by atoms with Gasteiger partial charge in [0.2, 0.25) is 0 Å². The van der Waals surface area contributed by atoms with Crippen LogP contribution >= 0.6 is 22.9 Å². The van der Waals surface area contributed by atoms with E-state index in [9.17, 15) is 9.59 Å². The minimum absolute atomic E-state index is 0.0530. The molecular weight excluding hydrogens is 815 g/mol. The number of carbonyl (C=O) groups is 1. The highest BCUT2D eigenvalue weighted by Gasteiger charge is 2.60. The lowest BCUT2D eigenvalue weighted by molar-refractivity contribution is -0.154. The van der Waals surface area contributed by atoms with E-state index in [0.29, 0.717) is 58.8 Å². The maximum atomic E-state index is 17.2. The molecule has 2 atom stereocenters. The van der Waals surface area contributed by atoms with Gasteiger partial charge in [0, 0.05) is 17.7 Å². The first-order valence-electron chi connectivity index (χ1n) is 20.0. The highest BCUT2D eigenvalue weighted by Crippen LogP contribution is 2.57. The molecule has 2 bridgehead atoms. The summed E-state index contributed by atoms with van der Waals surface area (Å²) in [6, 6.07) is 33.4. The molecule has 3 saturated carbocycles. The van der Waals surface area contributed by atoms with Crippen LogP contribution in [0.25, 0.3) is 33.1 Å². The smallest absolute Gasteiger partial charge is 0.469 e. The predicted octanol–water partition coefficient (Wildman–Crippen LogP) is 9.82. The number of hydrogen-bond acceptors (Lipinski definition) is 11. The van der Waals surface area contributed by atoms with Gasteiger partial charge in [0.1, 0.15) is 27.7 Å². The van der Waals surface area contributed by atoms with E-state index in [-0.39, 0.29) is 28.4 Å². The molecule has 1 N–H and O–H groups in total. The van der Waals surface area contributed by atoms with Crippen LogP contribution in [0.5, 0.6) is 0 Å². The monoisotopic (exact) mass is 852 g/mol. The van der Waals surface area contributed by atoms with Crippen molar-refractivity contribution in [3.63, 3.8) is 0 Å². The van der Waals surface area contributed by atoms with E-state index in [4.69, 9.17) is 45.1 Å². The van der Waals surface area contributed by atoms with Gasteiger partial charge in [-0.1, -0.05) is 109 Å². The highest BCUT2D eigenvalue weighted by molar-refractivity contribution is 7.13. The average Bonchev–Trinajstić information content (AvgIpc) is 4.05. The molecular formula is C47H38ClFN6O5S. The first kappa shape index (κ1) is 38.7. The molecule has 0 spiro atoms. The third-order valence-corrected chi connectivity index (χ3v) is 13.6. The SMILES string of the molecule is COC(=O)[C@@H]1[C@@H](Nc2nc(-c3cn(C(c4ccccc4)(c4ccccc4)c4ccccc4)c4ncc(Cl)nc34)nc(-c3cccs3)c2F)C2CCC1(c1oc(=O)oc1C)CC2. The number of esters is 1. The zero-order valence-electron chi connectivity index (χ0n) is 33.0. The van der Waals surface area contributed by atoms with Crippen molar-refractivity contribution in [1.82, 2.24) is 24.5 Å². The maximum Gasteiger partial charge on any atom is 0.519 e. The number of fused-ring (bicyclic) bond motifs is 4. The summed E-state index contributed by atoms with van der Waals surface area (Å²) in [5, 5.41) is 5.42. The molecule has 3 fully saturated rings. The zero-order valence-corrected chi connectivity index (χ0v) is 34.6. The average molecular weight is 853 g/mol. The van der Waals surface area contributed by atoms with E-state index in [0.717, 1.165) is 16.7 Å². The lowest BCUT2D eigenvalue weighted by Gasteiger charge is -2.54. The van der Waals surface area contributed by atoms with Gasteiger partial charge in [-0.05, 0) is 66.7 Å². The number of aromatic nitrogens is 5. The molecule has 5 heterocycles. The number of ether oxygens (including phenoxy) is 1. The Hall–Kier alpha value is -6.44. The van der Waals surface area contributed by atoms with Crippen LogP contribution in [0.15, 0.2) is 135 Å². The topological polar surface area (TPSA) is 138 Å². The van der Waals surface area contributed by atoms with Crippen LogP contribution in [0, 0.1) is 24.6 Å². The van der Waals surface area contributed by atoms with Gasteiger partial charge in [0.05, 0.1) is 29.7 Å². The van der Waals surface area contributed by atoms with Crippen molar-refractivity contribution in [2.24, 2.45) is 11.8 Å². The third-order valence-electron chi connectivity index (χ3n) is 12.6. The van der Waals surface area contributed by atoms with Crippen molar-refractivity contribution in [2.45, 2.75) is 49.6 Å². The van der Waals surface area contributed by atoms with E-state index >= 15 is 4.39 Å². The molecule has 61 heavy (non-hydrogen) atoms. The summed E-state index contributed by atoms with van der Waals surface area (Å²) in [5.41, 5.74) is 2.36. The second-order valence-corrected chi connectivity index (χ2v) is 17.0. The van der Waals surface area contributed by atoms with E-state index in [1.54, 1.807) is 13.0 Å². The van der Waals surface area contributed by atoms with Crippen LogP contribution in [-0.4, -0.2) is 43.6 Å². The molecule has 3 aliphatic rings. The Kier molecular flexibility index (Phi) is 9.67. The fourth-order valence-corrected chi connectivity index (χ4v) is 10.9. The summed E-state index contributed by atoms with van der Waals surface area (Å²) in [7, 11) is 1.33. The molecule has 3 aliphatic carbocycles. The lowest BCUT2D eigenvalue weighted by atomic mass is 9.51. The molecule has 0 radical (unpaired) electrons. The number of hydrogen-bond donors (Lipinski definition) is 1. The molecule has 11 rings (SSSR count). The lowest BCUT2D eigenvalue weighted by Crippen LogP contribution is -2.60. The zero-order chi connectivity index (χ0) is 41.9.